The topological polar surface area (TPSA) is 99.8 Å². The van der Waals surface area contributed by atoms with E-state index < -0.39 is 6.10 Å². The largest absolute Gasteiger partial charge is 0.387 e. The third kappa shape index (κ3) is 8.30. The molecule has 1 aliphatic rings. The van der Waals surface area contributed by atoms with E-state index in [1.165, 1.54) is 0 Å². The van der Waals surface area contributed by atoms with E-state index in [1.54, 1.807) is 0 Å². The number of nitrogens with zero attached hydrogens (tertiary/aromatic N) is 5. The number of aliphatic hydroxyl groups excluding tert-OH is 1. The number of benzene rings is 1. The smallest absolute Gasteiger partial charge is 0.191 e. The van der Waals surface area contributed by atoms with Gasteiger partial charge in [0, 0.05) is 33.2 Å². The van der Waals surface area contributed by atoms with Gasteiger partial charge in [0.25, 0.3) is 0 Å². The number of hydrogen-bond acceptors (Lipinski definition) is 6. The Kier molecular flexibility index (Phi) is 11.4. The van der Waals surface area contributed by atoms with Crippen LogP contribution in [0.25, 0.3) is 0 Å². The maximum atomic E-state index is 10.6. The van der Waals surface area contributed by atoms with Gasteiger partial charge in [-0.15, -0.1) is 34.2 Å². The van der Waals surface area contributed by atoms with Crippen LogP contribution < -0.4 is 10.6 Å². The Hall–Kier alpha value is -1.76. The maximum absolute atomic E-state index is 10.6. The van der Waals surface area contributed by atoms with Crippen LogP contribution in [0.15, 0.2) is 29.3 Å². The molecule has 178 valence electrons. The van der Waals surface area contributed by atoms with Gasteiger partial charge in [-0.05, 0) is 32.4 Å². The Bertz CT molecular complexity index is 853. The molecule has 3 rings (SSSR count). The minimum absolute atomic E-state index is 0. The van der Waals surface area contributed by atoms with Crippen molar-refractivity contribution >= 4 is 29.9 Å². The quantitative estimate of drug-likeness (QED) is 0.186. The van der Waals surface area contributed by atoms with Gasteiger partial charge >= 0.3 is 0 Å². The predicted octanol–water partition coefficient (Wildman–Crippen LogP) is 1.54. The fourth-order valence-corrected chi connectivity index (χ4v) is 3.44. The zero-order valence-corrected chi connectivity index (χ0v) is 21.6. The average molecular weight is 557 g/mol. The number of aryl methyl sites for hydroxylation is 2. The van der Waals surface area contributed by atoms with E-state index in [0.717, 1.165) is 68.6 Å². The highest BCUT2D eigenvalue weighted by Crippen LogP contribution is 2.13. The number of ether oxygens (including phenoxy) is 1. The Balaban J connectivity index is 0.00000363. The number of rotatable bonds is 9. The highest BCUT2D eigenvalue weighted by Gasteiger charge is 2.12. The van der Waals surface area contributed by atoms with Crippen molar-refractivity contribution in [3.05, 3.63) is 47.0 Å². The Morgan fingerprint density at radius 1 is 1.22 bits per heavy atom. The summed E-state index contributed by atoms with van der Waals surface area (Å²) in [4.78, 5) is 7.08. The van der Waals surface area contributed by atoms with Crippen LogP contribution in [0.1, 0.15) is 35.3 Å². The average Bonchev–Trinajstić information content (AvgIpc) is 3.10. The first kappa shape index (κ1) is 26.5. The molecule has 9 nitrogen and oxygen atoms in total. The van der Waals surface area contributed by atoms with Gasteiger partial charge < -0.3 is 25.0 Å². The molecule has 1 aromatic heterocycles. The molecule has 1 fully saturated rings. The van der Waals surface area contributed by atoms with Gasteiger partial charge in [-0.25, -0.2) is 4.99 Å². The molecule has 2 heterocycles. The maximum Gasteiger partial charge on any atom is 0.191 e. The van der Waals surface area contributed by atoms with E-state index in [0.29, 0.717) is 19.0 Å². The van der Waals surface area contributed by atoms with E-state index >= 15 is 0 Å². The van der Waals surface area contributed by atoms with Crippen LogP contribution in [0.5, 0.6) is 0 Å². The molecule has 3 N–H and O–H groups in total. The molecule has 0 amide bonds. The number of halogens is 1. The standard InChI is InChI=1S/C22H35N7O2.HI/c1-17-6-4-7-19(14-17)20(30)15-24-22(25-16-21-27-26-18(2)28(21)3)23-8-5-9-29-10-12-31-13-11-29;/h4,6-7,14,20,30H,5,8-13,15-16H2,1-3H3,(H2,23,24,25);1H. The third-order valence-electron chi connectivity index (χ3n) is 5.50. The van der Waals surface area contributed by atoms with Crippen molar-refractivity contribution < 1.29 is 9.84 Å². The van der Waals surface area contributed by atoms with E-state index in [2.05, 4.69) is 30.7 Å². The summed E-state index contributed by atoms with van der Waals surface area (Å²) in [6, 6.07) is 7.92. The molecule has 0 saturated carbocycles. The SMILES string of the molecule is Cc1cccc(C(O)CNC(=NCc2nnc(C)n2C)NCCCN2CCOCC2)c1.I. The van der Waals surface area contributed by atoms with E-state index in [4.69, 9.17) is 4.74 Å². The fraction of sp³-hybridized carbons (Fsp3) is 0.591. The molecule has 1 unspecified atom stereocenters. The van der Waals surface area contributed by atoms with Crippen molar-refractivity contribution in [3.8, 4) is 0 Å². The molecule has 0 radical (unpaired) electrons. The lowest BCUT2D eigenvalue weighted by atomic mass is 10.1. The molecule has 0 bridgehead atoms. The van der Waals surface area contributed by atoms with Crippen molar-refractivity contribution in [1.29, 1.82) is 0 Å². The monoisotopic (exact) mass is 557 g/mol. The van der Waals surface area contributed by atoms with Crippen LogP contribution in [0, 0.1) is 13.8 Å². The van der Waals surface area contributed by atoms with Crippen LogP contribution >= 0.6 is 24.0 Å². The minimum Gasteiger partial charge on any atom is -0.387 e. The number of aromatic nitrogens is 3. The highest BCUT2D eigenvalue weighted by molar-refractivity contribution is 14.0. The molecular formula is C22H36IN7O2. The van der Waals surface area contributed by atoms with Crippen molar-refractivity contribution in [3.63, 3.8) is 0 Å². The summed E-state index contributed by atoms with van der Waals surface area (Å²) in [5, 5.41) is 25.5. The number of aliphatic imine (C=N–C) groups is 1. The second-order valence-corrected chi connectivity index (χ2v) is 7.93. The summed E-state index contributed by atoms with van der Waals surface area (Å²) >= 11 is 0. The fourth-order valence-electron chi connectivity index (χ4n) is 3.44. The molecular weight excluding hydrogens is 521 g/mol. The normalized spacial score (nSPS) is 15.8. The number of aliphatic hydroxyl groups is 1. The van der Waals surface area contributed by atoms with E-state index in [-0.39, 0.29) is 24.0 Å². The summed E-state index contributed by atoms with van der Waals surface area (Å²) in [5.74, 6) is 2.31. The molecule has 1 aliphatic heterocycles. The molecule has 1 atom stereocenters. The lowest BCUT2D eigenvalue weighted by Crippen LogP contribution is -2.42. The van der Waals surface area contributed by atoms with Crippen LogP contribution in [-0.2, 0) is 18.3 Å². The van der Waals surface area contributed by atoms with Crippen LogP contribution in [-0.4, -0.2) is 76.7 Å². The van der Waals surface area contributed by atoms with Gasteiger partial charge in [0.2, 0.25) is 0 Å². The van der Waals surface area contributed by atoms with Crippen LogP contribution in [0.3, 0.4) is 0 Å². The molecule has 0 aliphatic carbocycles. The Morgan fingerprint density at radius 2 is 2.00 bits per heavy atom. The lowest BCUT2D eigenvalue weighted by molar-refractivity contribution is 0.0376. The zero-order chi connectivity index (χ0) is 22.1. The van der Waals surface area contributed by atoms with E-state index in [9.17, 15) is 5.11 Å². The van der Waals surface area contributed by atoms with Gasteiger partial charge in [0.1, 0.15) is 12.4 Å². The molecule has 32 heavy (non-hydrogen) atoms. The third-order valence-corrected chi connectivity index (χ3v) is 5.50. The molecule has 0 spiro atoms. The number of guanidine groups is 1. The summed E-state index contributed by atoms with van der Waals surface area (Å²) in [6.45, 7) is 10.2. The summed E-state index contributed by atoms with van der Waals surface area (Å²) in [6.07, 6.45) is 0.391. The van der Waals surface area contributed by atoms with Crippen LogP contribution in [0.2, 0.25) is 0 Å². The zero-order valence-electron chi connectivity index (χ0n) is 19.3. The van der Waals surface area contributed by atoms with Gasteiger partial charge in [-0.1, -0.05) is 29.8 Å². The summed E-state index contributed by atoms with van der Waals surface area (Å²) in [5.41, 5.74) is 2.02. The van der Waals surface area contributed by atoms with Crippen molar-refractivity contribution in [2.75, 3.05) is 45.9 Å². The first-order valence-electron chi connectivity index (χ1n) is 10.9. The minimum atomic E-state index is -0.614. The number of nitrogens with one attached hydrogen (secondary N) is 2. The predicted molar refractivity (Wildman–Crippen MR) is 136 cm³/mol. The van der Waals surface area contributed by atoms with Gasteiger partial charge in [-0.2, -0.15) is 0 Å². The lowest BCUT2D eigenvalue weighted by Gasteiger charge is -2.26. The van der Waals surface area contributed by atoms with Gasteiger partial charge in [-0.3, -0.25) is 4.90 Å². The van der Waals surface area contributed by atoms with Crippen molar-refractivity contribution in [1.82, 2.24) is 30.3 Å². The Labute approximate surface area is 207 Å². The first-order chi connectivity index (χ1) is 15.0. The van der Waals surface area contributed by atoms with Crippen molar-refractivity contribution in [2.24, 2.45) is 12.0 Å². The van der Waals surface area contributed by atoms with E-state index in [1.807, 2.05) is 49.7 Å². The molecule has 1 saturated heterocycles. The Morgan fingerprint density at radius 3 is 2.69 bits per heavy atom. The van der Waals surface area contributed by atoms with Gasteiger partial charge in [0.05, 0.1) is 19.3 Å². The molecule has 2 aromatic rings. The summed E-state index contributed by atoms with van der Waals surface area (Å²) in [7, 11) is 1.94. The number of morpholine rings is 1. The second-order valence-electron chi connectivity index (χ2n) is 7.93. The molecule has 1 aromatic carbocycles. The van der Waals surface area contributed by atoms with Crippen LogP contribution in [0.4, 0.5) is 0 Å². The highest BCUT2D eigenvalue weighted by atomic mass is 127. The molecule has 10 heteroatoms. The second kappa shape index (κ2) is 13.7. The van der Waals surface area contributed by atoms with Gasteiger partial charge in [0.15, 0.2) is 11.8 Å². The first-order valence-corrected chi connectivity index (χ1v) is 10.9. The van der Waals surface area contributed by atoms with Crippen molar-refractivity contribution in [2.45, 2.75) is 32.9 Å². The summed E-state index contributed by atoms with van der Waals surface area (Å²) < 4.78 is 7.34. The number of hydrogen-bond donors (Lipinski definition) is 3.